The molecule has 11 heavy (non-hydrogen) atoms. The van der Waals surface area contributed by atoms with E-state index in [-0.39, 0.29) is 0 Å². The van der Waals surface area contributed by atoms with Crippen LogP contribution in [-0.4, -0.2) is 9.61 Å². The van der Waals surface area contributed by atoms with Gasteiger partial charge in [0, 0.05) is 12.4 Å². The minimum Gasteiger partial charge on any atom is -0.239 e. The summed E-state index contributed by atoms with van der Waals surface area (Å²) >= 11 is 5.82. The van der Waals surface area contributed by atoms with Gasteiger partial charge in [0.1, 0.15) is 0 Å². The van der Waals surface area contributed by atoms with Gasteiger partial charge in [-0.25, -0.2) is 4.52 Å². The molecule has 2 aromatic heterocycles. The summed E-state index contributed by atoms with van der Waals surface area (Å²) in [6.07, 6.45) is 3.56. The number of fused-ring (bicyclic) bond motifs is 1. The Balaban J connectivity index is 2.91. The fourth-order valence-corrected chi connectivity index (χ4v) is 1.42. The molecule has 0 radical (unpaired) electrons. The van der Waals surface area contributed by atoms with Crippen LogP contribution in [0.5, 0.6) is 0 Å². The van der Waals surface area contributed by atoms with Crippen molar-refractivity contribution >= 4 is 17.1 Å². The Bertz CT molecular complexity index is 392. The normalized spacial score (nSPS) is 10.7. The smallest absolute Gasteiger partial charge is 0.0691 e. The second-order valence-electron chi connectivity index (χ2n) is 2.50. The minimum absolute atomic E-state index is 0.721. The summed E-state index contributed by atoms with van der Waals surface area (Å²) < 4.78 is 1.78. The largest absolute Gasteiger partial charge is 0.239 e. The van der Waals surface area contributed by atoms with E-state index in [0.29, 0.717) is 0 Å². The average molecular weight is 167 g/mol. The SMILES string of the molecule is Cc1cc(Cl)cn2nccc12. The summed E-state index contributed by atoms with van der Waals surface area (Å²) in [5, 5.41) is 4.79. The first-order valence-electron chi connectivity index (χ1n) is 3.37. The van der Waals surface area contributed by atoms with Gasteiger partial charge in [0.25, 0.3) is 0 Å². The first-order chi connectivity index (χ1) is 5.27. The van der Waals surface area contributed by atoms with Crippen LogP contribution in [0.3, 0.4) is 0 Å². The molecule has 2 rings (SSSR count). The number of pyridine rings is 1. The number of aryl methyl sites for hydroxylation is 1. The number of rotatable bonds is 0. The van der Waals surface area contributed by atoms with Crippen LogP contribution in [0.25, 0.3) is 5.52 Å². The molecule has 0 amide bonds. The number of aromatic nitrogens is 2. The van der Waals surface area contributed by atoms with Gasteiger partial charge in [-0.3, -0.25) is 0 Å². The monoisotopic (exact) mass is 166 g/mol. The van der Waals surface area contributed by atoms with Crippen LogP contribution in [0.15, 0.2) is 24.5 Å². The van der Waals surface area contributed by atoms with Crippen molar-refractivity contribution in [2.45, 2.75) is 6.92 Å². The van der Waals surface area contributed by atoms with Crippen molar-refractivity contribution in [3.63, 3.8) is 0 Å². The van der Waals surface area contributed by atoms with Crippen LogP contribution < -0.4 is 0 Å². The Labute approximate surface area is 69.4 Å². The molecule has 0 bridgehead atoms. The fourth-order valence-electron chi connectivity index (χ4n) is 1.16. The molecular weight excluding hydrogens is 160 g/mol. The van der Waals surface area contributed by atoms with Gasteiger partial charge in [0.05, 0.1) is 10.5 Å². The molecule has 0 N–H and O–H groups in total. The number of hydrogen-bond acceptors (Lipinski definition) is 1. The van der Waals surface area contributed by atoms with Crippen molar-refractivity contribution in [1.29, 1.82) is 0 Å². The second-order valence-corrected chi connectivity index (χ2v) is 2.94. The molecule has 3 heteroatoms. The summed E-state index contributed by atoms with van der Waals surface area (Å²) in [6, 6.07) is 3.89. The highest BCUT2D eigenvalue weighted by Crippen LogP contribution is 2.15. The maximum atomic E-state index is 5.82. The molecule has 56 valence electrons. The third-order valence-corrected chi connectivity index (χ3v) is 1.88. The summed E-state index contributed by atoms with van der Waals surface area (Å²) in [4.78, 5) is 0. The molecule has 0 saturated carbocycles. The van der Waals surface area contributed by atoms with E-state index >= 15 is 0 Å². The van der Waals surface area contributed by atoms with Gasteiger partial charge in [0.2, 0.25) is 0 Å². The van der Waals surface area contributed by atoms with Gasteiger partial charge in [-0.2, -0.15) is 5.10 Å². The Morgan fingerprint density at radius 2 is 2.36 bits per heavy atom. The highest BCUT2D eigenvalue weighted by Gasteiger charge is 1.97. The van der Waals surface area contributed by atoms with Crippen LogP contribution in [0.1, 0.15) is 5.56 Å². The van der Waals surface area contributed by atoms with Gasteiger partial charge in [-0.05, 0) is 24.6 Å². The lowest BCUT2D eigenvalue weighted by Gasteiger charge is -1.97. The van der Waals surface area contributed by atoms with Crippen LogP contribution in [0, 0.1) is 6.92 Å². The maximum Gasteiger partial charge on any atom is 0.0691 e. The fraction of sp³-hybridized carbons (Fsp3) is 0.125. The second kappa shape index (κ2) is 2.24. The topological polar surface area (TPSA) is 17.3 Å². The molecule has 0 fully saturated rings. The third-order valence-electron chi connectivity index (χ3n) is 1.67. The minimum atomic E-state index is 0.721. The molecule has 2 heterocycles. The Morgan fingerprint density at radius 3 is 3.18 bits per heavy atom. The van der Waals surface area contributed by atoms with Gasteiger partial charge >= 0.3 is 0 Å². The highest BCUT2D eigenvalue weighted by molar-refractivity contribution is 6.30. The van der Waals surface area contributed by atoms with Gasteiger partial charge in [-0.15, -0.1) is 0 Å². The Hall–Kier alpha value is -1.02. The molecule has 0 aliphatic rings. The van der Waals surface area contributed by atoms with Crippen LogP contribution >= 0.6 is 11.6 Å². The van der Waals surface area contributed by atoms with Gasteiger partial charge in [0.15, 0.2) is 0 Å². The standard InChI is InChI=1S/C8H7ClN2/c1-6-4-7(9)5-11-8(6)2-3-10-11/h2-5H,1H3. The lowest BCUT2D eigenvalue weighted by molar-refractivity contribution is 0.956. The number of halogens is 1. The van der Waals surface area contributed by atoms with Gasteiger partial charge < -0.3 is 0 Å². The summed E-state index contributed by atoms with van der Waals surface area (Å²) in [7, 11) is 0. The molecule has 0 atom stereocenters. The van der Waals surface area contributed by atoms with Crippen molar-refractivity contribution in [3.8, 4) is 0 Å². The number of nitrogens with zero attached hydrogens (tertiary/aromatic N) is 2. The van der Waals surface area contributed by atoms with Crippen molar-refractivity contribution in [1.82, 2.24) is 9.61 Å². The molecule has 0 spiro atoms. The van der Waals surface area contributed by atoms with E-state index in [1.54, 1.807) is 16.9 Å². The lowest BCUT2D eigenvalue weighted by atomic mass is 10.2. The van der Waals surface area contributed by atoms with E-state index in [1.807, 2.05) is 19.1 Å². The van der Waals surface area contributed by atoms with E-state index in [0.717, 1.165) is 16.1 Å². The maximum absolute atomic E-state index is 5.82. The predicted octanol–water partition coefficient (Wildman–Crippen LogP) is 2.30. The van der Waals surface area contributed by atoms with Crippen LogP contribution in [-0.2, 0) is 0 Å². The molecule has 0 saturated heterocycles. The van der Waals surface area contributed by atoms with Gasteiger partial charge in [-0.1, -0.05) is 11.6 Å². The van der Waals surface area contributed by atoms with E-state index in [9.17, 15) is 0 Å². The summed E-state index contributed by atoms with van der Waals surface area (Å²) in [5.41, 5.74) is 2.25. The zero-order valence-electron chi connectivity index (χ0n) is 6.08. The summed E-state index contributed by atoms with van der Waals surface area (Å²) in [6.45, 7) is 2.02. The highest BCUT2D eigenvalue weighted by atomic mass is 35.5. The molecule has 0 unspecified atom stereocenters. The average Bonchev–Trinajstić information content (AvgIpc) is 2.34. The molecule has 2 aromatic rings. The zero-order chi connectivity index (χ0) is 7.84. The lowest BCUT2D eigenvalue weighted by Crippen LogP contribution is -1.87. The van der Waals surface area contributed by atoms with E-state index < -0.39 is 0 Å². The van der Waals surface area contributed by atoms with Crippen molar-refractivity contribution < 1.29 is 0 Å². The third kappa shape index (κ3) is 0.994. The first kappa shape index (κ1) is 6.68. The molecular formula is C8H7ClN2. The van der Waals surface area contributed by atoms with Crippen molar-refractivity contribution in [2.75, 3.05) is 0 Å². The van der Waals surface area contributed by atoms with Crippen LogP contribution in [0.4, 0.5) is 0 Å². The Morgan fingerprint density at radius 1 is 1.55 bits per heavy atom. The van der Waals surface area contributed by atoms with Crippen LogP contribution in [0.2, 0.25) is 5.02 Å². The molecule has 0 aliphatic carbocycles. The Kier molecular flexibility index (Phi) is 1.36. The van der Waals surface area contributed by atoms with Crippen molar-refractivity contribution in [3.05, 3.63) is 35.1 Å². The zero-order valence-corrected chi connectivity index (χ0v) is 6.84. The molecule has 2 nitrogen and oxygen atoms in total. The quantitative estimate of drug-likeness (QED) is 0.587. The summed E-state index contributed by atoms with van der Waals surface area (Å²) in [5.74, 6) is 0. The van der Waals surface area contributed by atoms with Crippen molar-refractivity contribution in [2.24, 2.45) is 0 Å². The molecule has 0 aliphatic heterocycles. The van der Waals surface area contributed by atoms with E-state index in [2.05, 4.69) is 5.10 Å². The first-order valence-corrected chi connectivity index (χ1v) is 3.74. The number of hydrogen-bond donors (Lipinski definition) is 0. The predicted molar refractivity (Wildman–Crippen MR) is 44.9 cm³/mol. The molecule has 0 aromatic carbocycles. The van der Waals surface area contributed by atoms with E-state index in [4.69, 9.17) is 11.6 Å². The van der Waals surface area contributed by atoms with E-state index in [1.165, 1.54) is 0 Å².